The van der Waals surface area contributed by atoms with Crippen molar-refractivity contribution in [2.45, 2.75) is 39.3 Å². The van der Waals surface area contributed by atoms with Crippen LogP contribution in [0.15, 0.2) is 47.6 Å². The molecule has 8 heteroatoms. The van der Waals surface area contributed by atoms with Gasteiger partial charge in [0.2, 0.25) is 5.88 Å². The van der Waals surface area contributed by atoms with Gasteiger partial charge in [-0.25, -0.2) is 9.98 Å². The van der Waals surface area contributed by atoms with E-state index in [1.165, 1.54) is 19.4 Å². The molecule has 2 heterocycles. The van der Waals surface area contributed by atoms with Gasteiger partial charge in [0.1, 0.15) is 11.5 Å². The average Bonchev–Trinajstić information content (AvgIpc) is 3.24. The van der Waals surface area contributed by atoms with Gasteiger partial charge in [0.15, 0.2) is 5.96 Å². The lowest BCUT2D eigenvalue weighted by Gasteiger charge is -2.24. The first-order valence-electron chi connectivity index (χ1n) is 10.7. The van der Waals surface area contributed by atoms with Gasteiger partial charge in [-0.1, -0.05) is 19.1 Å². The first-order chi connectivity index (χ1) is 14.7. The third-order valence-electron chi connectivity index (χ3n) is 5.24. The van der Waals surface area contributed by atoms with Crippen molar-refractivity contribution in [1.29, 1.82) is 0 Å². The number of pyridine rings is 1. The molecule has 0 saturated carbocycles. The highest BCUT2D eigenvalue weighted by molar-refractivity contribution is 14.0. The first-order valence-corrected chi connectivity index (χ1v) is 10.7. The number of ether oxygens (including phenoxy) is 2. The van der Waals surface area contributed by atoms with Gasteiger partial charge in [0, 0.05) is 37.5 Å². The van der Waals surface area contributed by atoms with Gasteiger partial charge in [-0.15, -0.1) is 24.0 Å². The second-order valence-electron chi connectivity index (χ2n) is 7.29. The van der Waals surface area contributed by atoms with E-state index >= 15 is 0 Å². The Morgan fingerprint density at radius 2 is 2.03 bits per heavy atom. The number of guanidine groups is 1. The molecule has 1 aromatic heterocycles. The molecule has 1 aliphatic rings. The summed E-state index contributed by atoms with van der Waals surface area (Å²) in [6, 6.07) is 11.9. The van der Waals surface area contributed by atoms with Crippen molar-refractivity contribution in [3.8, 4) is 17.4 Å². The second-order valence-corrected chi connectivity index (χ2v) is 7.29. The first kappa shape index (κ1) is 25.2. The Bertz CT molecular complexity index is 816. The Morgan fingerprint density at radius 1 is 1.19 bits per heavy atom. The number of nitrogens with zero attached hydrogens (tertiary/aromatic N) is 3. The van der Waals surface area contributed by atoms with Gasteiger partial charge < -0.3 is 20.1 Å². The molecule has 2 N–H and O–H groups in total. The van der Waals surface area contributed by atoms with Crippen molar-refractivity contribution < 1.29 is 9.47 Å². The molecule has 0 spiro atoms. The maximum Gasteiger partial charge on any atom is 0.219 e. The van der Waals surface area contributed by atoms with Gasteiger partial charge in [0.05, 0.1) is 13.7 Å². The van der Waals surface area contributed by atoms with Crippen LogP contribution in [-0.4, -0.2) is 55.2 Å². The summed E-state index contributed by atoms with van der Waals surface area (Å²) in [5.41, 5.74) is 1.03. The summed E-state index contributed by atoms with van der Waals surface area (Å²) in [5.74, 6) is 2.83. The number of halogens is 1. The molecule has 170 valence electrons. The van der Waals surface area contributed by atoms with E-state index in [1.54, 1.807) is 13.3 Å². The highest BCUT2D eigenvalue weighted by Gasteiger charge is 2.22. The number of methoxy groups -OCH3 is 1. The van der Waals surface area contributed by atoms with E-state index < -0.39 is 0 Å². The summed E-state index contributed by atoms with van der Waals surface area (Å²) in [6.07, 6.45) is 4.33. The monoisotopic (exact) mass is 539 g/mol. The van der Waals surface area contributed by atoms with Gasteiger partial charge in [0.25, 0.3) is 0 Å². The Labute approximate surface area is 202 Å². The fourth-order valence-electron chi connectivity index (χ4n) is 3.62. The fourth-order valence-corrected chi connectivity index (χ4v) is 3.62. The zero-order valence-corrected chi connectivity index (χ0v) is 21.0. The van der Waals surface area contributed by atoms with Crippen LogP contribution in [-0.2, 0) is 6.54 Å². The highest BCUT2D eigenvalue weighted by Crippen LogP contribution is 2.23. The Balaban J connectivity index is 0.00000341. The van der Waals surface area contributed by atoms with E-state index in [0.717, 1.165) is 36.9 Å². The van der Waals surface area contributed by atoms with Crippen molar-refractivity contribution in [2.24, 2.45) is 4.99 Å². The predicted molar refractivity (Wildman–Crippen MR) is 136 cm³/mol. The van der Waals surface area contributed by atoms with Crippen LogP contribution in [0.2, 0.25) is 0 Å². The lowest BCUT2D eigenvalue weighted by Crippen LogP contribution is -2.44. The molecule has 31 heavy (non-hydrogen) atoms. The van der Waals surface area contributed by atoms with Gasteiger partial charge in [-0.2, -0.15) is 0 Å². The summed E-state index contributed by atoms with van der Waals surface area (Å²) in [5, 5.41) is 6.82. The molecule has 0 aliphatic carbocycles. The molecule has 1 fully saturated rings. The quantitative estimate of drug-likeness (QED) is 0.285. The van der Waals surface area contributed by atoms with E-state index in [4.69, 9.17) is 14.5 Å². The maximum atomic E-state index is 5.80. The zero-order chi connectivity index (χ0) is 21.2. The molecule has 1 aromatic carbocycles. The van der Waals surface area contributed by atoms with Gasteiger partial charge in [-0.05, 0) is 50.6 Å². The molecule has 0 bridgehead atoms. The van der Waals surface area contributed by atoms with Gasteiger partial charge in [-0.3, -0.25) is 4.90 Å². The van der Waals surface area contributed by atoms with Crippen LogP contribution in [0.5, 0.6) is 17.4 Å². The van der Waals surface area contributed by atoms with E-state index in [1.807, 2.05) is 36.4 Å². The predicted octanol–water partition coefficient (Wildman–Crippen LogP) is 4.04. The average molecular weight is 539 g/mol. The molecule has 1 atom stereocenters. The van der Waals surface area contributed by atoms with Crippen molar-refractivity contribution in [1.82, 2.24) is 20.5 Å². The van der Waals surface area contributed by atoms with Crippen molar-refractivity contribution in [2.75, 3.05) is 33.3 Å². The molecular formula is C23H34IN5O2. The summed E-state index contributed by atoms with van der Waals surface area (Å²) in [4.78, 5) is 11.6. The minimum atomic E-state index is 0. The second kappa shape index (κ2) is 13.4. The van der Waals surface area contributed by atoms with Crippen LogP contribution < -0.4 is 20.1 Å². The minimum absolute atomic E-state index is 0. The van der Waals surface area contributed by atoms with Crippen LogP contribution in [0.25, 0.3) is 0 Å². The normalized spacial score (nSPS) is 16.5. The number of likely N-dealkylation sites (tertiary alicyclic amines) is 1. The Morgan fingerprint density at radius 3 is 2.74 bits per heavy atom. The molecule has 1 saturated heterocycles. The van der Waals surface area contributed by atoms with Crippen LogP contribution in [0, 0.1) is 0 Å². The third kappa shape index (κ3) is 7.84. The van der Waals surface area contributed by atoms with Crippen LogP contribution in [0.3, 0.4) is 0 Å². The molecule has 3 rings (SSSR count). The van der Waals surface area contributed by atoms with Crippen molar-refractivity contribution >= 4 is 29.9 Å². The summed E-state index contributed by atoms with van der Waals surface area (Å²) in [7, 11) is 1.64. The number of aromatic nitrogens is 1. The summed E-state index contributed by atoms with van der Waals surface area (Å²) >= 11 is 0. The lowest BCUT2D eigenvalue weighted by atomic mass is 10.2. The van der Waals surface area contributed by atoms with Crippen molar-refractivity contribution in [3.05, 3.63) is 48.2 Å². The lowest BCUT2D eigenvalue weighted by molar-refractivity contribution is 0.267. The molecule has 7 nitrogen and oxygen atoms in total. The fraction of sp³-hybridized carbons (Fsp3) is 0.478. The number of nitrogens with one attached hydrogen (secondary N) is 2. The molecule has 0 radical (unpaired) electrons. The zero-order valence-electron chi connectivity index (χ0n) is 18.6. The smallest absolute Gasteiger partial charge is 0.219 e. The maximum absolute atomic E-state index is 5.80. The molecule has 2 aromatic rings. The topological polar surface area (TPSA) is 71.0 Å². The van der Waals surface area contributed by atoms with E-state index in [9.17, 15) is 0 Å². The van der Waals surface area contributed by atoms with E-state index in [0.29, 0.717) is 24.2 Å². The SMILES string of the molecule is CCNC(=NCc1ccc(Oc2cccc(OC)c2)nc1)NCC1CCCN1CC.I. The standard InChI is InChI=1S/C23H33N5O2.HI/c1-4-24-23(27-17-19-8-7-13-28(19)5-2)26-16-18-11-12-22(25-15-18)30-21-10-6-9-20(14-21)29-3;/h6,9-12,14-15,19H,4-5,7-8,13,16-17H2,1-3H3,(H2,24,26,27);1H. The summed E-state index contributed by atoms with van der Waals surface area (Å²) in [6.45, 7) is 8.93. The number of likely N-dealkylation sites (N-methyl/N-ethyl adjacent to an activating group) is 1. The largest absolute Gasteiger partial charge is 0.497 e. The number of rotatable bonds is 9. The molecule has 0 amide bonds. The van der Waals surface area contributed by atoms with Gasteiger partial charge >= 0.3 is 0 Å². The van der Waals surface area contributed by atoms with E-state index in [2.05, 4.69) is 34.4 Å². The van der Waals surface area contributed by atoms with E-state index in [-0.39, 0.29) is 24.0 Å². The van der Waals surface area contributed by atoms with Crippen molar-refractivity contribution in [3.63, 3.8) is 0 Å². The highest BCUT2D eigenvalue weighted by atomic mass is 127. The number of hydrogen-bond acceptors (Lipinski definition) is 5. The van der Waals surface area contributed by atoms with Crippen LogP contribution in [0.4, 0.5) is 0 Å². The third-order valence-corrected chi connectivity index (χ3v) is 5.24. The molecule has 1 unspecified atom stereocenters. The number of hydrogen-bond donors (Lipinski definition) is 2. The number of aliphatic imine (C=N–C) groups is 1. The minimum Gasteiger partial charge on any atom is -0.497 e. The Hall–Kier alpha value is -2.07. The number of benzene rings is 1. The Kier molecular flexibility index (Phi) is 10.9. The van der Waals surface area contributed by atoms with Crippen LogP contribution in [0.1, 0.15) is 32.3 Å². The molecule has 1 aliphatic heterocycles. The van der Waals surface area contributed by atoms with Crippen LogP contribution >= 0.6 is 24.0 Å². The molecular weight excluding hydrogens is 505 g/mol. The summed E-state index contributed by atoms with van der Waals surface area (Å²) < 4.78 is 11.0.